The quantitative estimate of drug-likeness (QED) is 0.317. The Morgan fingerprint density at radius 3 is 2.63 bits per heavy atom. The van der Waals surface area contributed by atoms with Crippen LogP contribution in [0, 0.1) is 6.92 Å². The number of aromatic nitrogens is 5. The van der Waals surface area contributed by atoms with E-state index in [1.165, 1.54) is 11.8 Å². The van der Waals surface area contributed by atoms with Crippen LogP contribution in [-0.4, -0.2) is 35.8 Å². The van der Waals surface area contributed by atoms with Crippen LogP contribution in [0.4, 0.5) is 0 Å². The summed E-state index contributed by atoms with van der Waals surface area (Å²) in [5, 5.41) is 10.9. The van der Waals surface area contributed by atoms with Gasteiger partial charge in [-0.3, -0.25) is 4.79 Å². The van der Waals surface area contributed by atoms with Gasteiger partial charge in [0.25, 0.3) is 0 Å². The molecule has 0 aliphatic heterocycles. The SMILES string of the molecule is CCn1c2ccccc2c2nnc(S[C@H](C)C(=O)c3c(C)[nH]c4ccccc34)nc21. The van der Waals surface area contributed by atoms with Crippen LogP contribution in [0.1, 0.15) is 29.9 Å². The molecule has 150 valence electrons. The molecule has 5 aromatic rings. The molecule has 0 saturated carbocycles. The molecule has 0 spiro atoms. The van der Waals surface area contributed by atoms with Crippen molar-refractivity contribution in [3.8, 4) is 0 Å². The van der Waals surface area contributed by atoms with Crippen LogP contribution < -0.4 is 0 Å². The summed E-state index contributed by atoms with van der Waals surface area (Å²) in [7, 11) is 0. The van der Waals surface area contributed by atoms with Crippen LogP contribution in [0.25, 0.3) is 33.0 Å². The van der Waals surface area contributed by atoms with Crippen LogP contribution in [0.15, 0.2) is 53.7 Å². The molecule has 0 aliphatic carbocycles. The number of thioether (sulfide) groups is 1. The van der Waals surface area contributed by atoms with Gasteiger partial charge in [-0.15, -0.1) is 10.2 Å². The summed E-state index contributed by atoms with van der Waals surface area (Å²) in [6, 6.07) is 16.0. The standard InChI is InChI=1S/C23H21N5OS/c1-4-28-18-12-8-6-10-16(18)20-22(28)25-23(27-26-20)30-14(3)21(29)19-13(2)24-17-11-7-5-9-15(17)19/h5-12,14,24H,4H2,1-3H3/t14-/m1/s1. The van der Waals surface area contributed by atoms with E-state index in [1.54, 1.807) is 0 Å². The van der Waals surface area contributed by atoms with Gasteiger partial charge < -0.3 is 9.55 Å². The van der Waals surface area contributed by atoms with E-state index in [-0.39, 0.29) is 11.0 Å². The Morgan fingerprint density at radius 2 is 1.83 bits per heavy atom. The summed E-state index contributed by atoms with van der Waals surface area (Å²) >= 11 is 1.35. The zero-order valence-electron chi connectivity index (χ0n) is 17.0. The molecule has 0 radical (unpaired) electrons. The molecular formula is C23H21N5OS. The van der Waals surface area contributed by atoms with E-state index in [2.05, 4.69) is 32.7 Å². The van der Waals surface area contributed by atoms with Crippen molar-refractivity contribution in [3.63, 3.8) is 0 Å². The number of hydrogen-bond acceptors (Lipinski definition) is 5. The Hall–Kier alpha value is -3.19. The average molecular weight is 416 g/mol. The fourth-order valence-corrected chi connectivity index (χ4v) is 4.84. The molecule has 0 amide bonds. The van der Waals surface area contributed by atoms with Crippen molar-refractivity contribution < 1.29 is 4.79 Å². The highest BCUT2D eigenvalue weighted by Crippen LogP contribution is 2.31. The van der Waals surface area contributed by atoms with Crippen molar-refractivity contribution in [1.29, 1.82) is 0 Å². The fourth-order valence-electron chi connectivity index (χ4n) is 4.07. The number of ketones is 1. The molecule has 30 heavy (non-hydrogen) atoms. The number of benzene rings is 2. The van der Waals surface area contributed by atoms with Gasteiger partial charge in [-0.05, 0) is 32.9 Å². The minimum absolute atomic E-state index is 0.0645. The first-order valence-electron chi connectivity index (χ1n) is 9.98. The van der Waals surface area contributed by atoms with Gasteiger partial charge in [0.1, 0.15) is 5.52 Å². The third-order valence-electron chi connectivity index (χ3n) is 5.46. The van der Waals surface area contributed by atoms with Crippen LogP contribution in [0.5, 0.6) is 0 Å². The van der Waals surface area contributed by atoms with Gasteiger partial charge in [0.15, 0.2) is 11.4 Å². The Labute approximate surface area is 177 Å². The predicted molar refractivity (Wildman–Crippen MR) is 121 cm³/mol. The molecule has 1 atom stereocenters. The third kappa shape index (κ3) is 2.89. The molecule has 7 heteroatoms. The lowest BCUT2D eigenvalue weighted by Gasteiger charge is -2.09. The van der Waals surface area contributed by atoms with Gasteiger partial charge in [0.05, 0.1) is 10.8 Å². The maximum atomic E-state index is 13.3. The summed E-state index contributed by atoms with van der Waals surface area (Å²) in [5.74, 6) is 0.0645. The number of carbonyl (C=O) groups excluding carboxylic acids is 1. The number of Topliss-reactive ketones (excluding diaryl/α,β-unsaturated/α-hetero) is 1. The number of carbonyl (C=O) groups is 1. The Kier molecular flexibility index (Phi) is 4.55. The highest BCUT2D eigenvalue weighted by Gasteiger charge is 2.24. The molecule has 2 aromatic carbocycles. The number of nitrogens with one attached hydrogen (secondary N) is 1. The zero-order valence-corrected chi connectivity index (χ0v) is 17.8. The van der Waals surface area contributed by atoms with E-state index in [9.17, 15) is 4.79 Å². The van der Waals surface area contributed by atoms with Gasteiger partial charge in [-0.25, -0.2) is 4.98 Å². The van der Waals surface area contributed by atoms with Crippen molar-refractivity contribution in [2.75, 3.05) is 0 Å². The fraction of sp³-hybridized carbons (Fsp3) is 0.217. The summed E-state index contributed by atoms with van der Waals surface area (Å²) in [4.78, 5) is 21.3. The minimum Gasteiger partial charge on any atom is -0.358 e. The monoisotopic (exact) mass is 415 g/mol. The average Bonchev–Trinajstić information content (AvgIpc) is 3.26. The molecule has 0 fully saturated rings. The molecule has 3 heterocycles. The smallest absolute Gasteiger partial charge is 0.211 e. The highest BCUT2D eigenvalue weighted by atomic mass is 32.2. The molecular weight excluding hydrogens is 394 g/mol. The number of para-hydroxylation sites is 2. The first-order valence-corrected chi connectivity index (χ1v) is 10.9. The lowest BCUT2D eigenvalue weighted by molar-refractivity contribution is 0.0995. The van der Waals surface area contributed by atoms with Crippen LogP contribution >= 0.6 is 11.8 Å². The van der Waals surface area contributed by atoms with Crippen molar-refractivity contribution in [2.24, 2.45) is 0 Å². The molecule has 5 rings (SSSR count). The van der Waals surface area contributed by atoms with Gasteiger partial charge >= 0.3 is 0 Å². The van der Waals surface area contributed by atoms with Gasteiger partial charge in [-0.2, -0.15) is 0 Å². The van der Waals surface area contributed by atoms with Crippen molar-refractivity contribution in [3.05, 3.63) is 59.8 Å². The molecule has 0 bridgehead atoms. The van der Waals surface area contributed by atoms with E-state index in [0.29, 0.717) is 5.16 Å². The van der Waals surface area contributed by atoms with Gasteiger partial charge in [0.2, 0.25) is 5.16 Å². The number of nitrogens with zero attached hydrogens (tertiary/aromatic N) is 4. The Bertz CT molecular complexity index is 1420. The van der Waals surface area contributed by atoms with Gasteiger partial charge in [0, 0.05) is 34.1 Å². The lowest BCUT2D eigenvalue weighted by atomic mass is 10.1. The van der Waals surface area contributed by atoms with Crippen LogP contribution in [-0.2, 0) is 6.54 Å². The predicted octanol–water partition coefficient (Wildman–Crippen LogP) is 5.15. The number of hydrogen-bond donors (Lipinski definition) is 1. The van der Waals surface area contributed by atoms with Crippen molar-refractivity contribution in [2.45, 2.75) is 37.7 Å². The summed E-state index contributed by atoms with van der Waals surface area (Å²) in [5.41, 5.74) is 5.29. The van der Waals surface area contributed by atoms with E-state index in [1.807, 2.05) is 56.3 Å². The Morgan fingerprint density at radius 1 is 1.10 bits per heavy atom. The highest BCUT2D eigenvalue weighted by molar-refractivity contribution is 8.00. The number of fused-ring (bicyclic) bond motifs is 4. The number of aromatic amines is 1. The Balaban J connectivity index is 1.51. The molecule has 1 N–H and O–H groups in total. The summed E-state index contributed by atoms with van der Waals surface area (Å²) in [6.45, 7) is 6.72. The molecule has 0 unspecified atom stereocenters. The summed E-state index contributed by atoms with van der Waals surface area (Å²) in [6.07, 6.45) is 0. The summed E-state index contributed by atoms with van der Waals surface area (Å²) < 4.78 is 2.14. The maximum Gasteiger partial charge on any atom is 0.211 e. The molecule has 3 aromatic heterocycles. The van der Waals surface area contributed by atoms with Crippen molar-refractivity contribution >= 4 is 50.5 Å². The van der Waals surface area contributed by atoms with E-state index < -0.39 is 0 Å². The second kappa shape index (κ2) is 7.25. The topological polar surface area (TPSA) is 76.5 Å². The second-order valence-electron chi connectivity index (χ2n) is 7.32. The number of rotatable bonds is 5. The second-order valence-corrected chi connectivity index (χ2v) is 8.63. The van der Waals surface area contributed by atoms with E-state index in [4.69, 9.17) is 4.98 Å². The maximum absolute atomic E-state index is 13.3. The molecule has 6 nitrogen and oxygen atoms in total. The van der Waals surface area contributed by atoms with Crippen molar-refractivity contribution in [1.82, 2.24) is 24.7 Å². The van der Waals surface area contributed by atoms with Crippen LogP contribution in [0.2, 0.25) is 0 Å². The first kappa shape index (κ1) is 18.8. The third-order valence-corrected chi connectivity index (χ3v) is 6.41. The molecule has 0 aliphatic rings. The largest absolute Gasteiger partial charge is 0.358 e. The first-order chi connectivity index (χ1) is 14.6. The minimum atomic E-state index is -0.332. The zero-order chi connectivity index (χ0) is 20.8. The van der Waals surface area contributed by atoms with Crippen LogP contribution in [0.3, 0.4) is 0 Å². The number of H-pyrrole nitrogens is 1. The van der Waals surface area contributed by atoms with E-state index in [0.717, 1.165) is 50.8 Å². The normalized spacial score (nSPS) is 12.8. The lowest BCUT2D eigenvalue weighted by Crippen LogP contribution is -2.15. The molecule has 0 saturated heterocycles. The number of aryl methyl sites for hydroxylation is 2. The van der Waals surface area contributed by atoms with E-state index >= 15 is 0 Å². The van der Waals surface area contributed by atoms with Gasteiger partial charge in [-0.1, -0.05) is 48.2 Å².